The summed E-state index contributed by atoms with van der Waals surface area (Å²) in [6.07, 6.45) is 3.21. The van der Waals surface area contributed by atoms with Gasteiger partial charge in [0.25, 0.3) is 5.91 Å². The molecule has 0 atom stereocenters. The first-order valence-corrected chi connectivity index (χ1v) is 5.76. The van der Waals surface area contributed by atoms with Crippen LogP contribution in [0.5, 0.6) is 5.75 Å². The summed E-state index contributed by atoms with van der Waals surface area (Å²) in [6.45, 7) is 1.88. The summed E-state index contributed by atoms with van der Waals surface area (Å²) in [5.74, 6) is 0.309. The first kappa shape index (κ1) is 12.9. The van der Waals surface area contributed by atoms with Crippen LogP contribution in [0.15, 0.2) is 36.7 Å². The first-order valence-electron chi connectivity index (χ1n) is 5.76. The summed E-state index contributed by atoms with van der Waals surface area (Å²) < 4.78 is 5.17. The molecule has 0 radical (unpaired) electrons. The van der Waals surface area contributed by atoms with E-state index in [9.17, 15) is 4.79 Å². The van der Waals surface area contributed by atoms with Crippen LogP contribution in [0.3, 0.4) is 0 Å². The normalized spacial score (nSPS) is 10.0. The summed E-state index contributed by atoms with van der Waals surface area (Å²) in [4.78, 5) is 16.1. The Labute approximate surface area is 111 Å². The smallest absolute Gasteiger partial charge is 0.257 e. The van der Waals surface area contributed by atoms with E-state index in [1.54, 1.807) is 30.5 Å². The maximum Gasteiger partial charge on any atom is 0.257 e. The van der Waals surface area contributed by atoms with Crippen molar-refractivity contribution in [2.45, 2.75) is 6.92 Å². The number of hydrogen-bond acceptors (Lipinski definition) is 4. The average Bonchev–Trinajstić information content (AvgIpc) is 2.39. The molecule has 0 aliphatic rings. The summed E-state index contributed by atoms with van der Waals surface area (Å²) in [7, 11) is 1.54. The van der Waals surface area contributed by atoms with Crippen LogP contribution in [-0.2, 0) is 0 Å². The molecule has 19 heavy (non-hydrogen) atoms. The van der Waals surface area contributed by atoms with Crippen LogP contribution in [0.4, 0.5) is 11.4 Å². The van der Waals surface area contributed by atoms with Crippen molar-refractivity contribution in [1.29, 1.82) is 0 Å². The number of nitrogens with zero attached hydrogens (tertiary/aromatic N) is 1. The van der Waals surface area contributed by atoms with Crippen LogP contribution >= 0.6 is 0 Å². The molecule has 1 amide bonds. The van der Waals surface area contributed by atoms with Gasteiger partial charge in [-0.05, 0) is 36.8 Å². The quantitative estimate of drug-likeness (QED) is 0.827. The van der Waals surface area contributed by atoms with Crippen molar-refractivity contribution in [1.82, 2.24) is 4.98 Å². The maximum atomic E-state index is 12.1. The van der Waals surface area contributed by atoms with Gasteiger partial charge in [-0.2, -0.15) is 0 Å². The minimum Gasteiger partial charge on any atom is -0.495 e. The number of amides is 1. The predicted molar refractivity (Wildman–Crippen MR) is 74.3 cm³/mol. The Balaban J connectivity index is 2.26. The second kappa shape index (κ2) is 5.39. The molecule has 1 aromatic heterocycles. The number of pyridine rings is 1. The Hall–Kier alpha value is -2.56. The highest BCUT2D eigenvalue weighted by molar-refractivity contribution is 6.05. The molecule has 1 heterocycles. The largest absolute Gasteiger partial charge is 0.495 e. The van der Waals surface area contributed by atoms with Gasteiger partial charge in [-0.15, -0.1) is 0 Å². The van der Waals surface area contributed by atoms with Crippen LogP contribution in [0.25, 0.3) is 0 Å². The molecule has 0 aliphatic carbocycles. The van der Waals surface area contributed by atoms with Crippen LogP contribution in [0, 0.1) is 6.92 Å². The zero-order valence-electron chi connectivity index (χ0n) is 10.8. The van der Waals surface area contributed by atoms with Gasteiger partial charge in [-0.1, -0.05) is 0 Å². The van der Waals surface area contributed by atoms with E-state index in [2.05, 4.69) is 10.3 Å². The molecule has 0 fully saturated rings. The third kappa shape index (κ3) is 3.01. The number of aromatic nitrogens is 1. The molecule has 2 aromatic rings. The number of nitrogens with one attached hydrogen (secondary N) is 1. The van der Waals surface area contributed by atoms with Crippen LogP contribution in [0.2, 0.25) is 0 Å². The van der Waals surface area contributed by atoms with E-state index in [1.807, 2.05) is 6.92 Å². The van der Waals surface area contributed by atoms with Crippen LogP contribution < -0.4 is 15.8 Å². The number of ether oxygens (including phenoxy) is 1. The molecule has 2 rings (SSSR count). The Morgan fingerprint density at radius 3 is 2.79 bits per heavy atom. The van der Waals surface area contributed by atoms with Gasteiger partial charge in [0, 0.05) is 18.1 Å². The van der Waals surface area contributed by atoms with Crippen molar-refractivity contribution in [2.24, 2.45) is 0 Å². The minimum absolute atomic E-state index is 0.250. The highest BCUT2D eigenvalue weighted by atomic mass is 16.5. The number of carbonyl (C=O) groups excluding carboxylic acids is 1. The summed E-state index contributed by atoms with van der Waals surface area (Å²) >= 11 is 0. The number of aryl methyl sites for hydroxylation is 1. The lowest BCUT2D eigenvalue weighted by molar-refractivity contribution is 0.102. The predicted octanol–water partition coefficient (Wildman–Crippen LogP) is 2.23. The molecule has 0 bridgehead atoms. The van der Waals surface area contributed by atoms with Gasteiger partial charge in [-0.25, -0.2) is 0 Å². The molecule has 0 saturated heterocycles. The monoisotopic (exact) mass is 257 g/mol. The summed E-state index contributed by atoms with van der Waals surface area (Å²) in [6, 6.07) is 6.84. The third-order valence-electron chi connectivity index (χ3n) is 2.61. The third-order valence-corrected chi connectivity index (χ3v) is 2.61. The van der Waals surface area contributed by atoms with E-state index in [-0.39, 0.29) is 5.91 Å². The summed E-state index contributed by atoms with van der Waals surface area (Å²) in [5.41, 5.74) is 8.21. The second-order valence-electron chi connectivity index (χ2n) is 4.16. The summed E-state index contributed by atoms with van der Waals surface area (Å²) in [5, 5.41) is 2.76. The highest BCUT2D eigenvalue weighted by Gasteiger charge is 2.10. The number of hydrogen-bond donors (Lipinski definition) is 2. The topological polar surface area (TPSA) is 77.2 Å². The fourth-order valence-corrected chi connectivity index (χ4v) is 1.70. The Bertz CT molecular complexity index is 611. The Morgan fingerprint density at radius 1 is 1.32 bits per heavy atom. The van der Waals surface area contributed by atoms with Gasteiger partial charge in [0.2, 0.25) is 0 Å². The van der Waals surface area contributed by atoms with Gasteiger partial charge in [0.05, 0.1) is 18.4 Å². The molecule has 0 saturated carbocycles. The lowest BCUT2D eigenvalue weighted by Crippen LogP contribution is -2.13. The number of carbonyl (C=O) groups is 1. The molecule has 0 aliphatic heterocycles. The van der Waals surface area contributed by atoms with E-state index in [0.717, 1.165) is 5.56 Å². The lowest BCUT2D eigenvalue weighted by Gasteiger charge is -2.11. The maximum absolute atomic E-state index is 12.1. The standard InChI is InChI=1S/C14H15N3O2/c1-9-5-10(8-16-7-9)14(18)17-12-6-11(15)3-4-13(12)19-2/h3-8H,15H2,1-2H3,(H,17,18). The number of nitrogen functional groups attached to an aromatic ring is 1. The van der Waals surface area contributed by atoms with Gasteiger partial charge in [0.1, 0.15) is 5.75 Å². The number of methoxy groups -OCH3 is 1. The van der Waals surface area contributed by atoms with E-state index in [1.165, 1.54) is 13.3 Å². The van der Waals surface area contributed by atoms with Gasteiger partial charge < -0.3 is 15.8 Å². The zero-order chi connectivity index (χ0) is 13.8. The molecule has 1 aromatic carbocycles. The SMILES string of the molecule is COc1ccc(N)cc1NC(=O)c1cncc(C)c1. The average molecular weight is 257 g/mol. The molecule has 5 heteroatoms. The number of benzene rings is 1. The number of nitrogens with two attached hydrogens (primary N) is 1. The molecule has 5 nitrogen and oxygen atoms in total. The van der Waals surface area contributed by atoms with Crippen molar-refractivity contribution in [3.05, 3.63) is 47.8 Å². The van der Waals surface area contributed by atoms with Crippen LogP contribution in [-0.4, -0.2) is 18.0 Å². The minimum atomic E-state index is -0.250. The molecule has 0 spiro atoms. The van der Waals surface area contributed by atoms with E-state index >= 15 is 0 Å². The van der Waals surface area contributed by atoms with Gasteiger partial charge in [-0.3, -0.25) is 9.78 Å². The van der Waals surface area contributed by atoms with Crippen molar-refractivity contribution < 1.29 is 9.53 Å². The number of anilines is 2. The molecular formula is C14H15N3O2. The number of rotatable bonds is 3. The van der Waals surface area contributed by atoms with Crippen LogP contribution in [0.1, 0.15) is 15.9 Å². The molecule has 3 N–H and O–H groups in total. The van der Waals surface area contributed by atoms with Crippen molar-refractivity contribution in [2.75, 3.05) is 18.2 Å². The van der Waals surface area contributed by atoms with E-state index in [4.69, 9.17) is 10.5 Å². The van der Waals surface area contributed by atoms with E-state index < -0.39 is 0 Å². The van der Waals surface area contributed by atoms with Crippen molar-refractivity contribution in [3.63, 3.8) is 0 Å². The van der Waals surface area contributed by atoms with Gasteiger partial charge in [0.15, 0.2) is 0 Å². The molecule has 98 valence electrons. The van der Waals surface area contributed by atoms with Gasteiger partial charge >= 0.3 is 0 Å². The molecular weight excluding hydrogens is 242 g/mol. The molecule has 0 unspecified atom stereocenters. The first-order chi connectivity index (χ1) is 9.10. The lowest BCUT2D eigenvalue weighted by atomic mass is 10.2. The fourth-order valence-electron chi connectivity index (χ4n) is 1.70. The van der Waals surface area contributed by atoms with E-state index in [0.29, 0.717) is 22.7 Å². The van der Waals surface area contributed by atoms with Crippen molar-refractivity contribution in [3.8, 4) is 5.75 Å². The Kier molecular flexibility index (Phi) is 3.66. The second-order valence-corrected chi connectivity index (χ2v) is 4.16. The van der Waals surface area contributed by atoms with Crippen molar-refractivity contribution >= 4 is 17.3 Å². The Morgan fingerprint density at radius 2 is 2.11 bits per heavy atom. The fraction of sp³-hybridized carbons (Fsp3) is 0.143. The zero-order valence-corrected chi connectivity index (χ0v) is 10.8. The highest BCUT2D eigenvalue weighted by Crippen LogP contribution is 2.26.